The van der Waals surface area contributed by atoms with E-state index in [1.165, 1.54) is 0 Å². The molecule has 0 spiro atoms. The van der Waals surface area contributed by atoms with Gasteiger partial charge in [-0.1, -0.05) is 12.1 Å². The Kier molecular flexibility index (Phi) is 3.54. The van der Waals surface area contributed by atoms with Gasteiger partial charge in [-0.3, -0.25) is 0 Å². The fourth-order valence-corrected chi connectivity index (χ4v) is 0.944. The van der Waals surface area contributed by atoms with E-state index in [1.807, 2.05) is 0 Å². The van der Waals surface area contributed by atoms with Crippen molar-refractivity contribution >= 4 is 0 Å². The Balaban J connectivity index is 2.58. The molecule has 0 aliphatic heterocycles. The number of rotatable bonds is 4. The molecular weight excluding hydrogens is 159 g/mol. The van der Waals surface area contributed by atoms with E-state index < -0.39 is 6.86 Å². The third kappa shape index (κ3) is 2.51. The highest BCUT2D eigenvalue weighted by Crippen LogP contribution is 2.12. The van der Waals surface area contributed by atoms with E-state index in [2.05, 4.69) is 4.74 Å². The van der Waals surface area contributed by atoms with Crippen LogP contribution in [-0.4, -0.2) is 18.6 Å². The molecular formula is C9H11FO2. The van der Waals surface area contributed by atoms with Crippen LogP contribution in [0.5, 0.6) is 5.75 Å². The predicted octanol–water partition coefficient (Wildman–Crippen LogP) is 1.53. The van der Waals surface area contributed by atoms with Crippen LogP contribution < -0.4 is 4.74 Å². The molecule has 0 amide bonds. The molecule has 0 heterocycles. The number of aliphatic hydroxyl groups is 1. The van der Waals surface area contributed by atoms with E-state index in [0.29, 0.717) is 12.2 Å². The zero-order chi connectivity index (χ0) is 8.81. The van der Waals surface area contributed by atoms with Crippen LogP contribution in [0, 0.1) is 0 Å². The second-order valence-corrected chi connectivity index (χ2v) is 2.37. The first kappa shape index (κ1) is 9.00. The number of halogens is 1. The fraction of sp³-hybridized carbons (Fsp3) is 0.333. The van der Waals surface area contributed by atoms with Gasteiger partial charge in [0.2, 0.25) is 6.86 Å². The molecule has 0 saturated carbocycles. The fourth-order valence-electron chi connectivity index (χ4n) is 0.944. The van der Waals surface area contributed by atoms with Crippen molar-refractivity contribution in [2.75, 3.05) is 13.5 Å². The van der Waals surface area contributed by atoms with Gasteiger partial charge in [-0.05, 0) is 24.1 Å². The molecule has 0 radical (unpaired) electrons. The van der Waals surface area contributed by atoms with Crippen molar-refractivity contribution < 1.29 is 14.2 Å². The van der Waals surface area contributed by atoms with Crippen LogP contribution in [0.15, 0.2) is 24.3 Å². The van der Waals surface area contributed by atoms with E-state index in [0.717, 1.165) is 5.56 Å². The van der Waals surface area contributed by atoms with Gasteiger partial charge in [0.05, 0.1) is 0 Å². The number of benzene rings is 1. The van der Waals surface area contributed by atoms with Gasteiger partial charge in [0, 0.05) is 6.61 Å². The molecule has 3 heteroatoms. The van der Waals surface area contributed by atoms with Gasteiger partial charge in [-0.25, -0.2) is 4.39 Å². The Morgan fingerprint density at radius 1 is 1.25 bits per heavy atom. The smallest absolute Gasteiger partial charge is 0.228 e. The summed E-state index contributed by atoms with van der Waals surface area (Å²) in [6, 6.07) is 6.98. The minimum atomic E-state index is -0.806. The molecule has 12 heavy (non-hydrogen) atoms. The quantitative estimate of drug-likeness (QED) is 0.742. The molecule has 66 valence electrons. The Morgan fingerprint density at radius 3 is 2.42 bits per heavy atom. The highest BCUT2D eigenvalue weighted by molar-refractivity contribution is 5.27. The number of ether oxygens (including phenoxy) is 1. The number of aliphatic hydroxyl groups excluding tert-OH is 1. The average Bonchev–Trinajstić information content (AvgIpc) is 2.09. The van der Waals surface area contributed by atoms with E-state index in [-0.39, 0.29) is 6.61 Å². The van der Waals surface area contributed by atoms with Crippen LogP contribution in [0.1, 0.15) is 5.56 Å². The van der Waals surface area contributed by atoms with Crippen molar-refractivity contribution in [1.29, 1.82) is 0 Å². The van der Waals surface area contributed by atoms with Crippen molar-refractivity contribution in [3.8, 4) is 5.75 Å². The van der Waals surface area contributed by atoms with Gasteiger partial charge < -0.3 is 9.84 Å². The van der Waals surface area contributed by atoms with Gasteiger partial charge in [-0.15, -0.1) is 0 Å². The molecule has 1 N–H and O–H groups in total. The van der Waals surface area contributed by atoms with Gasteiger partial charge in [0.25, 0.3) is 0 Å². The normalized spacial score (nSPS) is 9.83. The second kappa shape index (κ2) is 4.72. The van der Waals surface area contributed by atoms with E-state index in [4.69, 9.17) is 5.11 Å². The third-order valence-corrected chi connectivity index (χ3v) is 1.55. The summed E-state index contributed by atoms with van der Waals surface area (Å²) in [6.45, 7) is -0.678. The summed E-state index contributed by atoms with van der Waals surface area (Å²) in [5, 5.41) is 8.60. The minimum absolute atomic E-state index is 0.128. The summed E-state index contributed by atoms with van der Waals surface area (Å²) >= 11 is 0. The van der Waals surface area contributed by atoms with Crippen molar-refractivity contribution in [3.05, 3.63) is 29.8 Å². The van der Waals surface area contributed by atoms with Gasteiger partial charge in [0.1, 0.15) is 5.75 Å². The molecule has 1 aromatic rings. The van der Waals surface area contributed by atoms with Crippen LogP contribution in [0.25, 0.3) is 0 Å². The zero-order valence-electron chi connectivity index (χ0n) is 6.66. The third-order valence-electron chi connectivity index (χ3n) is 1.55. The molecule has 0 unspecified atom stereocenters. The lowest BCUT2D eigenvalue weighted by Crippen LogP contribution is -1.92. The molecule has 0 saturated heterocycles. The van der Waals surface area contributed by atoms with Gasteiger partial charge >= 0.3 is 0 Å². The molecule has 1 rings (SSSR count). The number of hydrogen-bond donors (Lipinski definition) is 1. The summed E-state index contributed by atoms with van der Waals surface area (Å²) < 4.78 is 16.3. The standard InChI is InChI=1S/C9H11FO2/c10-7-12-9-3-1-8(2-4-9)5-6-11/h1-4,11H,5-7H2. The first-order valence-electron chi connectivity index (χ1n) is 3.75. The summed E-state index contributed by atoms with van der Waals surface area (Å²) in [4.78, 5) is 0. The highest BCUT2D eigenvalue weighted by Gasteiger charge is 1.93. The lowest BCUT2D eigenvalue weighted by atomic mass is 10.1. The monoisotopic (exact) mass is 170 g/mol. The predicted molar refractivity (Wildman–Crippen MR) is 43.8 cm³/mol. The van der Waals surface area contributed by atoms with Crippen LogP contribution in [0.3, 0.4) is 0 Å². The number of hydrogen-bond acceptors (Lipinski definition) is 2. The maximum Gasteiger partial charge on any atom is 0.228 e. The molecule has 2 nitrogen and oxygen atoms in total. The largest absolute Gasteiger partial charge is 0.463 e. The van der Waals surface area contributed by atoms with Crippen LogP contribution in [-0.2, 0) is 6.42 Å². The molecule has 0 bridgehead atoms. The summed E-state index contributed by atoms with van der Waals surface area (Å²) in [5.41, 5.74) is 1.02. The first-order valence-corrected chi connectivity index (χ1v) is 3.75. The van der Waals surface area contributed by atoms with Crippen molar-refractivity contribution in [2.24, 2.45) is 0 Å². The van der Waals surface area contributed by atoms with Crippen LogP contribution >= 0.6 is 0 Å². The van der Waals surface area contributed by atoms with Crippen molar-refractivity contribution in [1.82, 2.24) is 0 Å². The zero-order valence-corrected chi connectivity index (χ0v) is 6.66. The maximum atomic E-state index is 11.7. The van der Waals surface area contributed by atoms with Gasteiger partial charge in [-0.2, -0.15) is 0 Å². The highest BCUT2D eigenvalue weighted by atomic mass is 19.1. The topological polar surface area (TPSA) is 29.5 Å². The lowest BCUT2D eigenvalue weighted by Gasteiger charge is -2.01. The summed E-state index contributed by atoms with van der Waals surface area (Å²) in [5.74, 6) is 0.513. The Hall–Kier alpha value is -1.09. The Labute approximate surface area is 70.6 Å². The Morgan fingerprint density at radius 2 is 1.92 bits per heavy atom. The van der Waals surface area contributed by atoms with Gasteiger partial charge in [0.15, 0.2) is 0 Å². The molecule has 0 aliphatic rings. The SMILES string of the molecule is OCCc1ccc(OCF)cc1. The molecule has 0 atom stereocenters. The second-order valence-electron chi connectivity index (χ2n) is 2.37. The van der Waals surface area contributed by atoms with E-state index in [1.54, 1.807) is 24.3 Å². The maximum absolute atomic E-state index is 11.7. The molecule has 0 fully saturated rings. The van der Waals surface area contributed by atoms with Crippen LogP contribution in [0.2, 0.25) is 0 Å². The lowest BCUT2D eigenvalue weighted by molar-refractivity contribution is 0.191. The first-order chi connectivity index (χ1) is 5.86. The van der Waals surface area contributed by atoms with Crippen molar-refractivity contribution in [2.45, 2.75) is 6.42 Å². The molecule has 0 aromatic heterocycles. The molecule has 1 aromatic carbocycles. The molecule has 0 aliphatic carbocycles. The number of alkyl halides is 1. The summed E-state index contributed by atoms with van der Waals surface area (Å²) in [7, 11) is 0. The van der Waals surface area contributed by atoms with Crippen LogP contribution in [0.4, 0.5) is 4.39 Å². The van der Waals surface area contributed by atoms with Crippen molar-refractivity contribution in [3.63, 3.8) is 0 Å². The van der Waals surface area contributed by atoms with E-state index >= 15 is 0 Å². The summed E-state index contributed by atoms with van der Waals surface area (Å²) in [6.07, 6.45) is 0.621. The Bertz CT molecular complexity index is 195. The average molecular weight is 170 g/mol. The minimum Gasteiger partial charge on any atom is -0.463 e. The van der Waals surface area contributed by atoms with E-state index in [9.17, 15) is 4.39 Å².